The van der Waals surface area contributed by atoms with E-state index in [4.69, 9.17) is 15.9 Å². The first-order valence-electron chi connectivity index (χ1n) is 9.36. The standard InChI is InChI=1S/C23H19BrN2O5/c1-4-10-31-19-9-6-15(13-20(19)30-5-2)12-17-21(27)25-23(29)26(22(17)28)16-7-8-18(24)14(3)11-16/h1,6-9,11-13H,5,10H2,2-3H3,(H,25,27,29)/b17-12+. The first kappa shape index (κ1) is 22.1. The highest BCUT2D eigenvalue weighted by Gasteiger charge is 2.37. The van der Waals surface area contributed by atoms with E-state index < -0.39 is 17.8 Å². The van der Waals surface area contributed by atoms with Crippen molar-refractivity contribution in [2.75, 3.05) is 18.1 Å². The number of rotatable bonds is 6. The van der Waals surface area contributed by atoms with Gasteiger partial charge in [0.25, 0.3) is 11.8 Å². The number of hydrogen-bond acceptors (Lipinski definition) is 5. The Hall–Kier alpha value is -3.57. The minimum atomic E-state index is -0.804. The molecule has 1 N–H and O–H groups in total. The van der Waals surface area contributed by atoms with Gasteiger partial charge >= 0.3 is 6.03 Å². The van der Waals surface area contributed by atoms with Crippen molar-refractivity contribution in [3.8, 4) is 23.8 Å². The van der Waals surface area contributed by atoms with E-state index in [0.29, 0.717) is 29.4 Å². The molecule has 1 heterocycles. The summed E-state index contributed by atoms with van der Waals surface area (Å²) in [6, 6.07) is 9.16. The SMILES string of the molecule is C#CCOc1ccc(/C=C2\C(=O)NC(=O)N(c3ccc(Br)c(C)c3)C2=O)cc1OCC. The zero-order valence-electron chi connectivity index (χ0n) is 16.9. The number of ether oxygens (including phenoxy) is 2. The number of benzene rings is 2. The Labute approximate surface area is 188 Å². The van der Waals surface area contributed by atoms with Crippen LogP contribution in [0.25, 0.3) is 6.08 Å². The third-order valence-corrected chi connectivity index (χ3v) is 5.28. The van der Waals surface area contributed by atoms with Gasteiger partial charge in [-0.1, -0.05) is 27.9 Å². The maximum atomic E-state index is 13.1. The first-order valence-corrected chi connectivity index (χ1v) is 10.2. The molecule has 8 heteroatoms. The van der Waals surface area contributed by atoms with Crippen LogP contribution in [0.4, 0.5) is 10.5 Å². The maximum absolute atomic E-state index is 13.1. The van der Waals surface area contributed by atoms with Crippen LogP contribution in [0.1, 0.15) is 18.1 Å². The predicted octanol–water partition coefficient (Wildman–Crippen LogP) is 3.83. The highest BCUT2D eigenvalue weighted by atomic mass is 79.9. The molecule has 0 radical (unpaired) electrons. The van der Waals surface area contributed by atoms with E-state index in [1.807, 2.05) is 13.8 Å². The van der Waals surface area contributed by atoms with Crippen molar-refractivity contribution in [1.29, 1.82) is 0 Å². The number of nitrogens with one attached hydrogen (secondary N) is 1. The number of amides is 4. The van der Waals surface area contributed by atoms with Crippen molar-refractivity contribution in [2.24, 2.45) is 0 Å². The monoisotopic (exact) mass is 482 g/mol. The van der Waals surface area contributed by atoms with Crippen LogP contribution in [0.2, 0.25) is 0 Å². The maximum Gasteiger partial charge on any atom is 0.335 e. The number of barbiturate groups is 1. The number of nitrogens with zero attached hydrogens (tertiary/aromatic N) is 1. The molecule has 0 aliphatic carbocycles. The number of halogens is 1. The fraction of sp³-hybridized carbons (Fsp3) is 0.174. The number of imide groups is 2. The van der Waals surface area contributed by atoms with Gasteiger partial charge in [0.1, 0.15) is 12.2 Å². The molecule has 0 saturated carbocycles. The molecule has 158 valence electrons. The summed E-state index contributed by atoms with van der Waals surface area (Å²) >= 11 is 3.39. The summed E-state index contributed by atoms with van der Waals surface area (Å²) in [5.74, 6) is 1.76. The van der Waals surface area contributed by atoms with Crippen molar-refractivity contribution < 1.29 is 23.9 Å². The lowest BCUT2D eigenvalue weighted by atomic mass is 10.1. The van der Waals surface area contributed by atoms with Crippen molar-refractivity contribution >= 4 is 45.5 Å². The molecular weight excluding hydrogens is 464 g/mol. The molecule has 0 aromatic heterocycles. The molecule has 1 fully saturated rings. The van der Waals surface area contributed by atoms with Crippen LogP contribution in [0.5, 0.6) is 11.5 Å². The van der Waals surface area contributed by atoms with Gasteiger partial charge in [-0.2, -0.15) is 0 Å². The summed E-state index contributed by atoms with van der Waals surface area (Å²) < 4.78 is 11.9. The average molecular weight is 483 g/mol. The largest absolute Gasteiger partial charge is 0.490 e. The van der Waals surface area contributed by atoms with Crippen LogP contribution in [-0.2, 0) is 9.59 Å². The third-order valence-electron chi connectivity index (χ3n) is 4.39. The molecule has 1 aliphatic heterocycles. The van der Waals surface area contributed by atoms with Crippen LogP contribution in [0.3, 0.4) is 0 Å². The number of aryl methyl sites for hydroxylation is 1. The fourth-order valence-corrected chi connectivity index (χ4v) is 3.19. The van der Waals surface area contributed by atoms with Gasteiger partial charge in [-0.25, -0.2) is 9.69 Å². The Morgan fingerprint density at radius 2 is 1.90 bits per heavy atom. The normalized spacial score (nSPS) is 15.0. The molecular formula is C23H19BrN2O5. The second-order valence-corrected chi connectivity index (χ2v) is 7.38. The van der Waals surface area contributed by atoms with E-state index in [0.717, 1.165) is 14.9 Å². The summed E-state index contributed by atoms with van der Waals surface area (Å²) in [7, 11) is 0. The number of anilines is 1. The van der Waals surface area contributed by atoms with Crippen LogP contribution >= 0.6 is 15.9 Å². The van der Waals surface area contributed by atoms with Crippen LogP contribution in [0, 0.1) is 19.3 Å². The Morgan fingerprint density at radius 1 is 1.13 bits per heavy atom. The summed E-state index contributed by atoms with van der Waals surface area (Å²) in [5, 5.41) is 2.21. The zero-order chi connectivity index (χ0) is 22.5. The second-order valence-electron chi connectivity index (χ2n) is 6.52. The average Bonchev–Trinajstić information content (AvgIpc) is 2.73. The zero-order valence-corrected chi connectivity index (χ0v) is 18.5. The Kier molecular flexibility index (Phi) is 6.78. The topological polar surface area (TPSA) is 84.9 Å². The van der Waals surface area contributed by atoms with Gasteiger partial charge in [-0.15, -0.1) is 6.42 Å². The number of carbonyl (C=O) groups excluding carboxylic acids is 3. The Bertz CT molecular complexity index is 1130. The molecule has 2 aromatic rings. The smallest absolute Gasteiger partial charge is 0.335 e. The van der Waals surface area contributed by atoms with Gasteiger partial charge in [0.05, 0.1) is 12.3 Å². The highest BCUT2D eigenvalue weighted by molar-refractivity contribution is 9.10. The number of urea groups is 1. The molecule has 31 heavy (non-hydrogen) atoms. The Balaban J connectivity index is 1.98. The summed E-state index contributed by atoms with van der Waals surface area (Å²) in [4.78, 5) is 38.8. The molecule has 4 amide bonds. The molecule has 7 nitrogen and oxygen atoms in total. The highest BCUT2D eigenvalue weighted by Crippen LogP contribution is 2.31. The lowest BCUT2D eigenvalue weighted by Gasteiger charge is -2.26. The molecule has 0 spiro atoms. The van der Waals surface area contributed by atoms with E-state index in [-0.39, 0.29) is 12.2 Å². The van der Waals surface area contributed by atoms with Crippen LogP contribution < -0.4 is 19.7 Å². The molecule has 3 rings (SSSR count). The lowest BCUT2D eigenvalue weighted by Crippen LogP contribution is -2.54. The van der Waals surface area contributed by atoms with Crippen molar-refractivity contribution in [3.05, 3.63) is 57.6 Å². The van der Waals surface area contributed by atoms with Gasteiger partial charge in [0.2, 0.25) is 0 Å². The molecule has 0 bridgehead atoms. The molecule has 0 atom stereocenters. The molecule has 0 unspecified atom stereocenters. The van der Waals surface area contributed by atoms with E-state index in [1.54, 1.807) is 36.4 Å². The van der Waals surface area contributed by atoms with Crippen LogP contribution in [0.15, 0.2) is 46.4 Å². The van der Waals surface area contributed by atoms with Crippen molar-refractivity contribution in [2.45, 2.75) is 13.8 Å². The van der Waals surface area contributed by atoms with Gasteiger partial charge in [0.15, 0.2) is 11.5 Å². The number of carbonyl (C=O) groups is 3. The van der Waals surface area contributed by atoms with Crippen molar-refractivity contribution in [3.63, 3.8) is 0 Å². The first-order chi connectivity index (χ1) is 14.8. The summed E-state index contributed by atoms with van der Waals surface area (Å²) in [6.07, 6.45) is 6.63. The number of terminal acetylenes is 1. The quantitative estimate of drug-likeness (QED) is 0.384. The van der Waals surface area contributed by atoms with Gasteiger partial charge < -0.3 is 9.47 Å². The third kappa shape index (κ3) is 4.78. The molecule has 1 aliphatic rings. The number of hydrogen-bond donors (Lipinski definition) is 1. The van der Waals surface area contributed by atoms with Gasteiger partial charge in [0, 0.05) is 4.47 Å². The van der Waals surface area contributed by atoms with E-state index in [2.05, 4.69) is 27.2 Å². The van der Waals surface area contributed by atoms with E-state index in [1.165, 1.54) is 6.08 Å². The van der Waals surface area contributed by atoms with Gasteiger partial charge in [-0.3, -0.25) is 14.9 Å². The van der Waals surface area contributed by atoms with Crippen LogP contribution in [-0.4, -0.2) is 31.1 Å². The lowest BCUT2D eigenvalue weighted by molar-refractivity contribution is -0.122. The molecule has 2 aromatic carbocycles. The van der Waals surface area contributed by atoms with E-state index >= 15 is 0 Å². The van der Waals surface area contributed by atoms with E-state index in [9.17, 15) is 14.4 Å². The molecule has 1 saturated heterocycles. The minimum absolute atomic E-state index is 0.0745. The summed E-state index contributed by atoms with van der Waals surface area (Å²) in [6.45, 7) is 4.11. The second kappa shape index (κ2) is 9.49. The van der Waals surface area contributed by atoms with Crippen molar-refractivity contribution in [1.82, 2.24) is 5.32 Å². The Morgan fingerprint density at radius 3 is 2.58 bits per heavy atom. The predicted molar refractivity (Wildman–Crippen MR) is 120 cm³/mol. The fourth-order valence-electron chi connectivity index (χ4n) is 2.95. The summed E-state index contributed by atoms with van der Waals surface area (Å²) in [5.41, 5.74) is 1.54. The minimum Gasteiger partial charge on any atom is -0.490 e. The van der Waals surface area contributed by atoms with Gasteiger partial charge in [-0.05, 0) is 61.4 Å².